The third kappa shape index (κ3) is 1.78. The van der Waals surface area contributed by atoms with Gasteiger partial charge in [-0.2, -0.15) is 4.98 Å². The number of nitrogens with two attached hydrogens (primary N) is 1. The van der Waals surface area contributed by atoms with Crippen molar-refractivity contribution in [1.82, 2.24) is 10.1 Å². The summed E-state index contributed by atoms with van der Waals surface area (Å²) in [5.74, 6) is 1.50. The van der Waals surface area contributed by atoms with E-state index in [-0.39, 0.29) is 6.61 Å². The largest absolute Gasteiger partial charge is 0.394 e. The summed E-state index contributed by atoms with van der Waals surface area (Å²) in [6, 6.07) is -0.520. The molecule has 1 heterocycles. The van der Waals surface area contributed by atoms with Crippen LogP contribution >= 0.6 is 0 Å². The molecule has 1 saturated carbocycles. The maximum atomic E-state index is 8.82. The molecule has 1 aliphatic carbocycles. The average Bonchev–Trinajstić information content (AvgIpc) is 2.86. The summed E-state index contributed by atoms with van der Waals surface area (Å²) in [6.45, 7) is -0.149. The zero-order chi connectivity index (χ0) is 9.97. The lowest BCUT2D eigenvalue weighted by Gasteiger charge is -2.01. The van der Waals surface area contributed by atoms with Gasteiger partial charge in [0.05, 0.1) is 12.6 Å². The highest BCUT2D eigenvalue weighted by molar-refractivity contribution is 4.99. The Morgan fingerprint density at radius 1 is 1.50 bits per heavy atom. The van der Waals surface area contributed by atoms with E-state index in [4.69, 9.17) is 15.4 Å². The molecule has 1 aromatic heterocycles. The van der Waals surface area contributed by atoms with Crippen molar-refractivity contribution in [2.24, 2.45) is 5.73 Å². The second kappa shape index (κ2) is 4.06. The molecule has 5 nitrogen and oxygen atoms in total. The van der Waals surface area contributed by atoms with Crippen molar-refractivity contribution in [2.75, 3.05) is 6.61 Å². The minimum Gasteiger partial charge on any atom is -0.394 e. The molecule has 2 rings (SSSR count). The summed E-state index contributed by atoms with van der Waals surface area (Å²) in [7, 11) is 0. The molecule has 0 saturated heterocycles. The van der Waals surface area contributed by atoms with Crippen molar-refractivity contribution in [3.05, 3.63) is 11.7 Å². The Kier molecular flexibility index (Phi) is 2.79. The van der Waals surface area contributed by atoms with Gasteiger partial charge in [-0.15, -0.1) is 0 Å². The number of hydrogen-bond acceptors (Lipinski definition) is 5. The molecule has 1 fully saturated rings. The van der Waals surface area contributed by atoms with Gasteiger partial charge in [0.15, 0.2) is 5.82 Å². The van der Waals surface area contributed by atoms with Crippen molar-refractivity contribution in [3.8, 4) is 0 Å². The van der Waals surface area contributed by atoms with E-state index >= 15 is 0 Å². The van der Waals surface area contributed by atoms with Crippen LogP contribution in [0.3, 0.4) is 0 Å². The maximum absolute atomic E-state index is 8.82. The van der Waals surface area contributed by atoms with Gasteiger partial charge in [0.2, 0.25) is 5.89 Å². The highest BCUT2D eigenvalue weighted by Crippen LogP contribution is 2.33. The van der Waals surface area contributed by atoms with E-state index in [1.54, 1.807) is 0 Å². The second-order valence-corrected chi connectivity index (χ2v) is 3.76. The molecule has 1 aromatic rings. The van der Waals surface area contributed by atoms with Gasteiger partial charge < -0.3 is 15.4 Å². The summed E-state index contributed by atoms with van der Waals surface area (Å²) >= 11 is 0. The zero-order valence-electron chi connectivity index (χ0n) is 8.02. The van der Waals surface area contributed by atoms with Crippen molar-refractivity contribution in [2.45, 2.75) is 37.6 Å². The molecule has 0 aromatic carbocycles. The fraction of sp³-hybridized carbons (Fsp3) is 0.778. The Hall–Kier alpha value is -0.940. The van der Waals surface area contributed by atoms with E-state index in [0.717, 1.165) is 12.8 Å². The molecule has 0 bridgehead atoms. The molecular formula is C9H15N3O2. The minimum atomic E-state index is -0.520. The van der Waals surface area contributed by atoms with Gasteiger partial charge in [0.25, 0.3) is 0 Å². The summed E-state index contributed by atoms with van der Waals surface area (Å²) in [5, 5.41) is 12.6. The van der Waals surface area contributed by atoms with E-state index in [1.165, 1.54) is 12.8 Å². The zero-order valence-corrected chi connectivity index (χ0v) is 8.02. The van der Waals surface area contributed by atoms with Crippen LogP contribution in [0.4, 0.5) is 0 Å². The third-order valence-electron chi connectivity index (χ3n) is 2.69. The summed E-state index contributed by atoms with van der Waals surface area (Å²) in [6.07, 6.45) is 4.70. The molecule has 1 atom stereocenters. The first-order chi connectivity index (χ1) is 6.81. The molecule has 0 aliphatic heterocycles. The number of aromatic nitrogens is 2. The van der Waals surface area contributed by atoms with Gasteiger partial charge >= 0.3 is 0 Å². The molecular weight excluding hydrogens is 182 g/mol. The highest BCUT2D eigenvalue weighted by Gasteiger charge is 2.24. The fourth-order valence-corrected chi connectivity index (χ4v) is 1.82. The molecule has 0 amide bonds. The minimum absolute atomic E-state index is 0.149. The standard InChI is InChI=1S/C9H15N3O2/c10-7(5-13)8-11-9(14-12-8)6-3-1-2-4-6/h6-7,13H,1-5,10H2. The first-order valence-electron chi connectivity index (χ1n) is 5.01. The fourth-order valence-electron chi connectivity index (χ4n) is 1.82. The van der Waals surface area contributed by atoms with Crippen molar-refractivity contribution >= 4 is 0 Å². The Bertz CT molecular complexity index is 294. The van der Waals surface area contributed by atoms with Crippen LogP contribution in [0.2, 0.25) is 0 Å². The number of aliphatic hydroxyl groups is 1. The van der Waals surface area contributed by atoms with Crippen LogP contribution in [0.5, 0.6) is 0 Å². The second-order valence-electron chi connectivity index (χ2n) is 3.76. The van der Waals surface area contributed by atoms with Crippen molar-refractivity contribution in [3.63, 3.8) is 0 Å². The van der Waals surface area contributed by atoms with Gasteiger partial charge in [0.1, 0.15) is 0 Å². The topological polar surface area (TPSA) is 85.2 Å². The molecule has 1 aliphatic rings. The number of rotatable bonds is 3. The lowest BCUT2D eigenvalue weighted by Crippen LogP contribution is -2.16. The molecule has 14 heavy (non-hydrogen) atoms. The van der Waals surface area contributed by atoms with Crippen LogP contribution in [0.15, 0.2) is 4.52 Å². The predicted octanol–water partition coefficient (Wildman–Crippen LogP) is 0.719. The Labute approximate surface area is 82.3 Å². The van der Waals surface area contributed by atoms with E-state index in [1.807, 2.05) is 0 Å². The number of hydrogen-bond donors (Lipinski definition) is 2. The van der Waals surface area contributed by atoms with Gasteiger partial charge in [0, 0.05) is 5.92 Å². The molecule has 78 valence electrons. The summed E-state index contributed by atoms with van der Waals surface area (Å²) in [4.78, 5) is 4.20. The number of aliphatic hydroxyl groups excluding tert-OH is 1. The first kappa shape index (κ1) is 9.61. The van der Waals surface area contributed by atoms with Crippen LogP contribution in [0.25, 0.3) is 0 Å². The van der Waals surface area contributed by atoms with E-state index in [0.29, 0.717) is 17.6 Å². The van der Waals surface area contributed by atoms with Gasteiger partial charge in [-0.3, -0.25) is 0 Å². The Balaban J connectivity index is 2.08. The Morgan fingerprint density at radius 2 is 2.21 bits per heavy atom. The van der Waals surface area contributed by atoms with E-state index < -0.39 is 6.04 Å². The normalized spacial score (nSPS) is 20.1. The summed E-state index contributed by atoms with van der Waals surface area (Å²) in [5.41, 5.74) is 5.57. The molecule has 5 heteroatoms. The average molecular weight is 197 g/mol. The monoisotopic (exact) mass is 197 g/mol. The van der Waals surface area contributed by atoms with Gasteiger partial charge in [-0.05, 0) is 12.8 Å². The van der Waals surface area contributed by atoms with Crippen LogP contribution in [0, 0.1) is 0 Å². The van der Waals surface area contributed by atoms with Crippen molar-refractivity contribution in [1.29, 1.82) is 0 Å². The first-order valence-corrected chi connectivity index (χ1v) is 5.01. The van der Waals surface area contributed by atoms with Crippen LogP contribution < -0.4 is 5.73 Å². The van der Waals surface area contributed by atoms with Gasteiger partial charge in [-0.1, -0.05) is 18.0 Å². The predicted molar refractivity (Wildman–Crippen MR) is 49.5 cm³/mol. The highest BCUT2D eigenvalue weighted by atomic mass is 16.5. The Morgan fingerprint density at radius 3 is 2.86 bits per heavy atom. The van der Waals surface area contributed by atoms with E-state index in [9.17, 15) is 0 Å². The van der Waals surface area contributed by atoms with Gasteiger partial charge in [-0.25, -0.2) is 0 Å². The van der Waals surface area contributed by atoms with Crippen LogP contribution in [-0.4, -0.2) is 21.9 Å². The maximum Gasteiger partial charge on any atom is 0.229 e. The molecule has 1 unspecified atom stereocenters. The lowest BCUT2D eigenvalue weighted by molar-refractivity contribution is 0.259. The molecule has 3 N–H and O–H groups in total. The molecule has 0 spiro atoms. The smallest absolute Gasteiger partial charge is 0.229 e. The number of nitrogens with zero attached hydrogens (tertiary/aromatic N) is 2. The SMILES string of the molecule is NC(CO)c1noc(C2CCCC2)n1. The van der Waals surface area contributed by atoms with Crippen LogP contribution in [-0.2, 0) is 0 Å². The third-order valence-corrected chi connectivity index (χ3v) is 2.69. The summed E-state index contributed by atoms with van der Waals surface area (Å²) < 4.78 is 5.12. The lowest BCUT2D eigenvalue weighted by atomic mass is 10.1. The quantitative estimate of drug-likeness (QED) is 0.745. The van der Waals surface area contributed by atoms with Crippen molar-refractivity contribution < 1.29 is 9.63 Å². The van der Waals surface area contributed by atoms with E-state index in [2.05, 4.69) is 10.1 Å². The molecule has 0 radical (unpaired) electrons. The van der Waals surface area contributed by atoms with Crippen LogP contribution in [0.1, 0.15) is 49.4 Å².